The highest BCUT2D eigenvalue weighted by molar-refractivity contribution is 6.08. The molecule has 3 aliphatic carbocycles. The second-order valence-corrected chi connectivity index (χ2v) is 18.2. The van der Waals surface area contributed by atoms with Crippen molar-refractivity contribution in [1.82, 2.24) is 0 Å². The maximum Gasteiger partial charge on any atom is 0.140 e. The Morgan fingerprint density at radius 2 is 0.738 bits per heavy atom. The molecule has 300 valence electrons. The number of hydrogen-bond acceptors (Lipinski definition) is 1. The van der Waals surface area contributed by atoms with Crippen molar-refractivity contribution >= 4 is 21.5 Å². The van der Waals surface area contributed by atoms with Gasteiger partial charge in [-0.25, -0.2) is 0 Å². The summed E-state index contributed by atoms with van der Waals surface area (Å²) in [5.41, 5.74) is 21.8. The Hall–Kier alpha value is -8.26. The average molecular weight is 823 g/mol. The van der Waals surface area contributed by atoms with Gasteiger partial charge in [0.2, 0.25) is 0 Å². The van der Waals surface area contributed by atoms with E-state index in [9.17, 15) is 0 Å². The number of fused-ring (bicyclic) bond motifs is 20. The van der Waals surface area contributed by atoms with Crippen LogP contribution in [0.15, 0.2) is 231 Å². The molecule has 11 aromatic carbocycles. The van der Waals surface area contributed by atoms with Crippen molar-refractivity contribution in [1.29, 1.82) is 0 Å². The summed E-state index contributed by atoms with van der Waals surface area (Å²) in [7, 11) is 0. The van der Waals surface area contributed by atoms with E-state index in [2.05, 4.69) is 231 Å². The molecule has 0 saturated heterocycles. The van der Waals surface area contributed by atoms with E-state index in [1.807, 2.05) is 0 Å². The molecule has 1 heteroatoms. The lowest BCUT2D eigenvalue weighted by molar-refractivity contribution is 0.442. The zero-order chi connectivity index (χ0) is 42.4. The van der Waals surface area contributed by atoms with Gasteiger partial charge in [-0.15, -0.1) is 0 Å². The molecule has 0 N–H and O–H groups in total. The fraction of sp³-hybridized carbons (Fsp3) is 0.0312. The summed E-state index contributed by atoms with van der Waals surface area (Å²) >= 11 is 0. The van der Waals surface area contributed by atoms with Crippen LogP contribution in [0.4, 0.5) is 0 Å². The number of benzene rings is 11. The van der Waals surface area contributed by atoms with E-state index in [1.165, 1.54) is 116 Å². The van der Waals surface area contributed by atoms with E-state index < -0.39 is 10.8 Å². The van der Waals surface area contributed by atoms with E-state index in [0.29, 0.717) is 0 Å². The van der Waals surface area contributed by atoms with Crippen LogP contribution >= 0.6 is 0 Å². The molecule has 1 unspecified atom stereocenters. The lowest BCUT2D eigenvalue weighted by atomic mass is 9.61. The van der Waals surface area contributed by atoms with Crippen molar-refractivity contribution in [3.05, 3.63) is 275 Å². The molecule has 0 bridgehead atoms. The predicted molar refractivity (Wildman–Crippen MR) is 266 cm³/mol. The molecule has 0 aromatic heterocycles. The maximum absolute atomic E-state index is 7.08. The van der Waals surface area contributed by atoms with Crippen LogP contribution in [0, 0.1) is 0 Å². The molecule has 1 atom stereocenters. The number of para-hydroxylation sites is 1. The first-order valence-corrected chi connectivity index (χ1v) is 22.7. The molecule has 11 aromatic rings. The summed E-state index contributed by atoms with van der Waals surface area (Å²) in [5, 5.41) is 4.91. The molecule has 0 saturated carbocycles. The standard InChI is InChI=1S/C64H38O/c1-2-25-50-43(20-1)51(38-59-62(50)65-60-33-12-11-31-56(60)63(59)52-27-7-3-21-44(52)45-22-4-8-28-53(45)63)42-19-13-18-40(36-42)41-34-35-48-46-23-5-9-29-54(46)64(58(48)37-41)55-30-10-6-24-47(55)49-26-14-16-39-17-15-32-57(64)61(39)49/h1-38H. The minimum absolute atomic E-state index is 0.475. The van der Waals surface area contributed by atoms with Crippen LogP contribution in [0.2, 0.25) is 0 Å². The molecule has 1 nitrogen and oxygen atoms in total. The number of ether oxygens (including phenoxy) is 1. The van der Waals surface area contributed by atoms with Crippen LogP contribution in [0.25, 0.3) is 77.2 Å². The van der Waals surface area contributed by atoms with Gasteiger partial charge in [-0.3, -0.25) is 0 Å². The number of rotatable bonds is 2. The minimum atomic E-state index is -0.561. The largest absolute Gasteiger partial charge is 0.456 e. The molecular weight excluding hydrogens is 785 g/mol. The fourth-order valence-corrected chi connectivity index (χ4v) is 12.9. The summed E-state index contributed by atoms with van der Waals surface area (Å²) in [6, 6.07) is 86.3. The van der Waals surface area contributed by atoms with Crippen molar-refractivity contribution in [3.63, 3.8) is 0 Å². The SMILES string of the molecule is c1cc(-c2ccc3c(c2)C2(c4ccccc4-3)c3ccccc3-c3cccc4cccc2c34)cc(-c2cc3c(c4ccccc24)Oc2ccccc2C32c3ccccc3-c3ccccc32)c1. The Bertz CT molecular complexity index is 3840. The Morgan fingerprint density at radius 1 is 0.262 bits per heavy atom. The Morgan fingerprint density at radius 3 is 1.43 bits per heavy atom. The van der Waals surface area contributed by atoms with Gasteiger partial charge in [0.25, 0.3) is 0 Å². The second-order valence-electron chi connectivity index (χ2n) is 18.2. The van der Waals surface area contributed by atoms with Crippen LogP contribution in [-0.2, 0) is 10.8 Å². The predicted octanol–water partition coefficient (Wildman–Crippen LogP) is 16.1. The smallest absolute Gasteiger partial charge is 0.140 e. The molecule has 2 spiro atoms. The first-order chi connectivity index (χ1) is 32.2. The molecule has 0 fully saturated rings. The molecular formula is C64H38O. The summed E-state index contributed by atoms with van der Waals surface area (Å²) in [6.07, 6.45) is 0. The number of hydrogen-bond donors (Lipinski definition) is 0. The molecule has 15 rings (SSSR count). The van der Waals surface area contributed by atoms with Crippen LogP contribution < -0.4 is 4.74 Å². The quantitative estimate of drug-likeness (QED) is 0.169. The molecule has 1 aliphatic heterocycles. The highest BCUT2D eigenvalue weighted by Crippen LogP contribution is 2.65. The summed E-state index contributed by atoms with van der Waals surface area (Å²) in [4.78, 5) is 0. The zero-order valence-corrected chi connectivity index (χ0v) is 35.3. The van der Waals surface area contributed by atoms with Gasteiger partial charge in [-0.1, -0.05) is 206 Å². The van der Waals surface area contributed by atoms with Crippen LogP contribution in [-0.4, -0.2) is 0 Å². The van der Waals surface area contributed by atoms with Gasteiger partial charge >= 0.3 is 0 Å². The van der Waals surface area contributed by atoms with Crippen molar-refractivity contribution in [3.8, 4) is 67.1 Å². The average Bonchev–Trinajstić information content (AvgIpc) is 3.83. The van der Waals surface area contributed by atoms with Crippen molar-refractivity contribution in [2.45, 2.75) is 10.8 Å². The third-order valence-electron chi connectivity index (χ3n) is 15.3. The normalized spacial score (nSPS) is 16.0. The Balaban J connectivity index is 0.971. The van der Waals surface area contributed by atoms with Gasteiger partial charge < -0.3 is 4.74 Å². The monoisotopic (exact) mass is 822 g/mol. The van der Waals surface area contributed by atoms with Gasteiger partial charge in [0.15, 0.2) is 0 Å². The van der Waals surface area contributed by atoms with Crippen molar-refractivity contribution in [2.24, 2.45) is 0 Å². The van der Waals surface area contributed by atoms with Crippen LogP contribution in [0.5, 0.6) is 11.5 Å². The highest BCUT2D eigenvalue weighted by atomic mass is 16.5. The van der Waals surface area contributed by atoms with Crippen molar-refractivity contribution < 1.29 is 4.74 Å². The second kappa shape index (κ2) is 12.7. The minimum Gasteiger partial charge on any atom is -0.456 e. The summed E-state index contributed by atoms with van der Waals surface area (Å²) in [5.74, 6) is 1.84. The lowest BCUT2D eigenvalue weighted by Crippen LogP contribution is -2.32. The van der Waals surface area contributed by atoms with Crippen LogP contribution in [0.1, 0.15) is 44.5 Å². The first kappa shape index (κ1) is 35.2. The molecule has 1 heterocycles. The van der Waals surface area contributed by atoms with E-state index in [-0.39, 0.29) is 0 Å². The van der Waals surface area contributed by atoms with Gasteiger partial charge in [0.1, 0.15) is 11.5 Å². The Kier molecular flexibility index (Phi) is 6.88. The Labute approximate surface area is 377 Å². The lowest BCUT2D eigenvalue weighted by Gasteiger charge is -2.40. The van der Waals surface area contributed by atoms with Gasteiger partial charge in [0.05, 0.1) is 10.8 Å². The van der Waals surface area contributed by atoms with Gasteiger partial charge in [-0.05, 0) is 129 Å². The third kappa shape index (κ3) is 4.33. The fourth-order valence-electron chi connectivity index (χ4n) is 12.9. The van der Waals surface area contributed by atoms with Crippen molar-refractivity contribution in [2.75, 3.05) is 0 Å². The van der Waals surface area contributed by atoms with Gasteiger partial charge in [0, 0.05) is 16.5 Å². The molecule has 65 heavy (non-hydrogen) atoms. The zero-order valence-electron chi connectivity index (χ0n) is 35.3. The van der Waals surface area contributed by atoms with E-state index in [0.717, 1.165) is 16.9 Å². The van der Waals surface area contributed by atoms with Gasteiger partial charge in [-0.2, -0.15) is 0 Å². The highest BCUT2D eigenvalue weighted by Gasteiger charge is 2.52. The van der Waals surface area contributed by atoms with E-state index >= 15 is 0 Å². The topological polar surface area (TPSA) is 9.23 Å². The molecule has 0 amide bonds. The summed E-state index contributed by atoms with van der Waals surface area (Å²) < 4.78 is 7.08. The maximum atomic E-state index is 7.08. The summed E-state index contributed by atoms with van der Waals surface area (Å²) in [6.45, 7) is 0. The first-order valence-electron chi connectivity index (χ1n) is 22.7. The third-order valence-corrected chi connectivity index (χ3v) is 15.3. The van der Waals surface area contributed by atoms with E-state index in [4.69, 9.17) is 4.74 Å². The molecule has 0 radical (unpaired) electrons. The molecule has 4 aliphatic rings. The van der Waals surface area contributed by atoms with Crippen LogP contribution in [0.3, 0.4) is 0 Å². The van der Waals surface area contributed by atoms with E-state index in [1.54, 1.807) is 0 Å².